The molecule has 6 heteroatoms. The minimum absolute atomic E-state index is 0.0257. The summed E-state index contributed by atoms with van der Waals surface area (Å²) in [5.74, 6) is 0. The minimum Gasteiger partial charge on any atom is -0.465 e. The van der Waals surface area contributed by atoms with Crippen molar-refractivity contribution in [3.05, 3.63) is 33.8 Å². The van der Waals surface area contributed by atoms with E-state index >= 15 is 0 Å². The van der Waals surface area contributed by atoms with E-state index in [4.69, 9.17) is 5.11 Å². The Morgan fingerprint density at radius 1 is 1.24 bits per heavy atom. The average molecular weight is 355 g/mol. The van der Waals surface area contributed by atoms with E-state index in [-0.39, 0.29) is 12.1 Å². The van der Waals surface area contributed by atoms with E-state index in [1.54, 1.807) is 0 Å². The molecular weight excluding hydrogens is 336 g/mol. The van der Waals surface area contributed by atoms with Gasteiger partial charge in [0.15, 0.2) is 0 Å². The van der Waals surface area contributed by atoms with Crippen LogP contribution >= 0.6 is 15.9 Å². The average Bonchev–Trinajstić information content (AvgIpc) is 2.47. The Morgan fingerprint density at radius 2 is 1.95 bits per heavy atom. The minimum atomic E-state index is -0.859. The Morgan fingerprint density at radius 3 is 2.62 bits per heavy atom. The Balaban J connectivity index is 1.82. The zero-order valence-electron chi connectivity index (χ0n) is 11.7. The lowest BCUT2D eigenvalue weighted by atomic mass is 9.84. The Bertz CT molecular complexity index is 544. The predicted molar refractivity (Wildman–Crippen MR) is 82.4 cm³/mol. The van der Waals surface area contributed by atoms with E-state index < -0.39 is 6.09 Å². The molecule has 1 aromatic rings. The summed E-state index contributed by atoms with van der Waals surface area (Å²) >= 11 is 3.50. The van der Waals surface area contributed by atoms with Gasteiger partial charge in [0.05, 0.1) is 12.1 Å². The molecule has 0 spiro atoms. The largest absolute Gasteiger partial charge is 0.465 e. The van der Waals surface area contributed by atoms with Crippen LogP contribution in [0.3, 0.4) is 0 Å². The number of nitrogens with zero attached hydrogens (tertiary/aromatic N) is 2. The van der Waals surface area contributed by atoms with Gasteiger partial charge in [-0.15, -0.1) is 0 Å². The van der Waals surface area contributed by atoms with Crippen molar-refractivity contribution in [1.29, 1.82) is 0 Å². The number of aliphatic hydroxyl groups excluding tert-OH is 1. The van der Waals surface area contributed by atoms with Crippen molar-refractivity contribution in [2.24, 2.45) is 0 Å². The van der Waals surface area contributed by atoms with Gasteiger partial charge in [-0.1, -0.05) is 22.0 Å². The topological polar surface area (TPSA) is 64.0 Å². The van der Waals surface area contributed by atoms with Crippen molar-refractivity contribution in [1.82, 2.24) is 9.80 Å². The molecule has 5 nitrogen and oxygen atoms in total. The standard InChI is InChI=1S/C15H19BrN2O3/c16-11-3-1-10-2-4-13(19)14(12(10)9-11)17-5-7-18(8-6-17)15(20)21/h1,3,9,13-14,19H,2,4-8H2,(H,20,21). The number of fused-ring (bicyclic) bond motifs is 1. The van der Waals surface area contributed by atoms with Crippen molar-refractivity contribution >= 4 is 22.0 Å². The molecule has 2 aliphatic rings. The van der Waals surface area contributed by atoms with E-state index in [2.05, 4.69) is 33.0 Å². The van der Waals surface area contributed by atoms with Gasteiger partial charge in [-0.25, -0.2) is 4.79 Å². The number of hydrogen-bond donors (Lipinski definition) is 2. The van der Waals surface area contributed by atoms with Gasteiger partial charge < -0.3 is 15.1 Å². The summed E-state index contributed by atoms with van der Waals surface area (Å²) in [4.78, 5) is 14.7. The Kier molecular flexibility index (Phi) is 4.19. The number of carbonyl (C=O) groups is 1. The molecule has 1 aromatic carbocycles. The number of amides is 1. The van der Waals surface area contributed by atoms with Crippen LogP contribution in [0.4, 0.5) is 4.79 Å². The van der Waals surface area contributed by atoms with Gasteiger partial charge in [-0.05, 0) is 36.1 Å². The van der Waals surface area contributed by atoms with Crippen LogP contribution in [0.15, 0.2) is 22.7 Å². The van der Waals surface area contributed by atoms with Crippen LogP contribution in [-0.4, -0.2) is 58.4 Å². The molecule has 21 heavy (non-hydrogen) atoms. The van der Waals surface area contributed by atoms with E-state index in [0.29, 0.717) is 26.2 Å². The second kappa shape index (κ2) is 5.94. The highest BCUT2D eigenvalue weighted by Crippen LogP contribution is 2.36. The third-order valence-corrected chi connectivity index (χ3v) is 4.97. The number of halogens is 1. The molecule has 0 aromatic heterocycles. The van der Waals surface area contributed by atoms with Crippen LogP contribution in [0.2, 0.25) is 0 Å². The van der Waals surface area contributed by atoms with Crippen molar-refractivity contribution in [2.45, 2.75) is 25.0 Å². The predicted octanol–water partition coefficient (Wildman–Crippen LogP) is 2.09. The summed E-state index contributed by atoms with van der Waals surface area (Å²) in [6.07, 6.45) is 0.415. The number of carboxylic acid groups (broad SMARTS) is 1. The van der Waals surface area contributed by atoms with E-state index in [1.807, 2.05) is 6.07 Å². The fourth-order valence-corrected chi connectivity index (χ4v) is 3.75. The smallest absolute Gasteiger partial charge is 0.407 e. The lowest BCUT2D eigenvalue weighted by molar-refractivity contribution is 0.0107. The van der Waals surface area contributed by atoms with Gasteiger partial charge in [0.2, 0.25) is 0 Å². The maximum absolute atomic E-state index is 11.0. The molecule has 1 amide bonds. The summed E-state index contributed by atoms with van der Waals surface area (Å²) in [7, 11) is 0. The van der Waals surface area contributed by atoms with Crippen LogP contribution < -0.4 is 0 Å². The first-order chi connectivity index (χ1) is 10.1. The van der Waals surface area contributed by atoms with Crippen molar-refractivity contribution in [3.63, 3.8) is 0 Å². The molecule has 2 unspecified atom stereocenters. The molecule has 1 aliphatic carbocycles. The van der Waals surface area contributed by atoms with Crippen LogP contribution in [0, 0.1) is 0 Å². The molecule has 0 radical (unpaired) electrons. The van der Waals surface area contributed by atoms with E-state index in [9.17, 15) is 9.90 Å². The highest BCUT2D eigenvalue weighted by Gasteiger charge is 2.35. The molecule has 2 N–H and O–H groups in total. The summed E-state index contributed by atoms with van der Waals surface area (Å²) in [5, 5.41) is 19.5. The van der Waals surface area contributed by atoms with Crippen molar-refractivity contribution in [2.75, 3.05) is 26.2 Å². The molecule has 1 heterocycles. The SMILES string of the molecule is O=C(O)N1CCN(C2c3cc(Br)ccc3CCC2O)CC1. The first-order valence-corrected chi connectivity index (χ1v) is 8.04. The third kappa shape index (κ3) is 2.93. The van der Waals surface area contributed by atoms with Crippen LogP contribution in [-0.2, 0) is 6.42 Å². The zero-order chi connectivity index (χ0) is 15.0. The number of hydrogen-bond acceptors (Lipinski definition) is 3. The molecule has 0 saturated carbocycles. The summed E-state index contributed by atoms with van der Waals surface area (Å²) in [5.41, 5.74) is 2.46. The lowest BCUT2D eigenvalue weighted by Crippen LogP contribution is -2.52. The van der Waals surface area contributed by atoms with Crippen molar-refractivity contribution < 1.29 is 15.0 Å². The summed E-state index contributed by atoms with van der Waals surface area (Å²) < 4.78 is 1.02. The molecule has 1 aliphatic heterocycles. The summed E-state index contributed by atoms with van der Waals surface area (Å²) in [6.45, 7) is 2.34. The van der Waals surface area contributed by atoms with Crippen LogP contribution in [0.1, 0.15) is 23.6 Å². The highest BCUT2D eigenvalue weighted by atomic mass is 79.9. The number of piperazine rings is 1. The molecule has 0 bridgehead atoms. The van der Waals surface area contributed by atoms with Gasteiger partial charge >= 0.3 is 6.09 Å². The normalized spacial score (nSPS) is 26.5. The maximum Gasteiger partial charge on any atom is 0.407 e. The second-order valence-corrected chi connectivity index (χ2v) is 6.62. The number of aliphatic hydroxyl groups is 1. The quantitative estimate of drug-likeness (QED) is 0.810. The maximum atomic E-state index is 11.0. The van der Waals surface area contributed by atoms with Gasteiger partial charge in [0.25, 0.3) is 0 Å². The number of benzene rings is 1. The number of aryl methyl sites for hydroxylation is 1. The molecule has 2 atom stereocenters. The fraction of sp³-hybridized carbons (Fsp3) is 0.533. The van der Waals surface area contributed by atoms with Crippen molar-refractivity contribution in [3.8, 4) is 0 Å². The molecule has 1 fully saturated rings. The first-order valence-electron chi connectivity index (χ1n) is 7.24. The van der Waals surface area contributed by atoms with E-state index in [0.717, 1.165) is 17.3 Å². The second-order valence-electron chi connectivity index (χ2n) is 5.70. The lowest BCUT2D eigenvalue weighted by Gasteiger charge is -2.43. The molecule has 1 saturated heterocycles. The van der Waals surface area contributed by atoms with Gasteiger partial charge in [-0.2, -0.15) is 0 Å². The number of rotatable bonds is 1. The van der Waals surface area contributed by atoms with Crippen LogP contribution in [0.5, 0.6) is 0 Å². The van der Waals surface area contributed by atoms with E-state index in [1.165, 1.54) is 16.0 Å². The van der Waals surface area contributed by atoms with Gasteiger partial charge in [0.1, 0.15) is 0 Å². The first kappa shape index (κ1) is 14.8. The zero-order valence-corrected chi connectivity index (χ0v) is 13.3. The fourth-order valence-electron chi connectivity index (χ4n) is 3.37. The Hall–Kier alpha value is -1.11. The molecule has 114 valence electrons. The van der Waals surface area contributed by atoms with Crippen LogP contribution in [0.25, 0.3) is 0 Å². The van der Waals surface area contributed by atoms with Gasteiger partial charge in [-0.3, -0.25) is 4.90 Å². The monoisotopic (exact) mass is 354 g/mol. The Labute approximate surface area is 132 Å². The summed E-state index contributed by atoms with van der Waals surface area (Å²) in [6, 6.07) is 6.22. The van der Waals surface area contributed by atoms with Gasteiger partial charge in [0, 0.05) is 30.7 Å². The highest BCUT2D eigenvalue weighted by molar-refractivity contribution is 9.10. The third-order valence-electron chi connectivity index (χ3n) is 4.48. The molecule has 3 rings (SSSR count). The molecular formula is C15H19BrN2O3.